The van der Waals surface area contributed by atoms with Crippen molar-refractivity contribution in [2.75, 3.05) is 0 Å². The number of allylic oxidation sites excluding steroid dienone is 3. The largest absolute Gasteiger partial charge is 0.103 e. The molecule has 1 fully saturated rings. The van der Waals surface area contributed by atoms with E-state index in [1.165, 1.54) is 64.2 Å². The van der Waals surface area contributed by atoms with Crippen molar-refractivity contribution in [1.29, 1.82) is 0 Å². The molecule has 0 atom stereocenters. The van der Waals surface area contributed by atoms with Crippen molar-refractivity contribution < 1.29 is 0 Å². The summed E-state index contributed by atoms with van der Waals surface area (Å²) in [4.78, 5) is 0. The molecule has 0 aromatic carbocycles. The number of hydrogen-bond acceptors (Lipinski definition) is 0. The SMILES string of the molecule is C=CCCC=CC1(CCCCC)CCCCC1. The molecule has 0 radical (unpaired) electrons. The summed E-state index contributed by atoms with van der Waals surface area (Å²) in [7, 11) is 0. The lowest BCUT2D eigenvalue weighted by molar-refractivity contribution is 0.231. The maximum atomic E-state index is 3.79. The van der Waals surface area contributed by atoms with Crippen LogP contribution in [0, 0.1) is 5.41 Å². The molecule has 1 aliphatic carbocycles. The van der Waals surface area contributed by atoms with Crippen LogP contribution in [0.15, 0.2) is 24.8 Å². The van der Waals surface area contributed by atoms with Gasteiger partial charge in [0, 0.05) is 0 Å². The Labute approximate surface area is 108 Å². The van der Waals surface area contributed by atoms with E-state index in [1.807, 2.05) is 6.08 Å². The zero-order valence-electron chi connectivity index (χ0n) is 11.7. The van der Waals surface area contributed by atoms with Crippen LogP contribution >= 0.6 is 0 Å². The molecule has 17 heavy (non-hydrogen) atoms. The van der Waals surface area contributed by atoms with Gasteiger partial charge in [-0.05, 0) is 37.5 Å². The normalized spacial score (nSPS) is 19.6. The van der Waals surface area contributed by atoms with Crippen molar-refractivity contribution in [3.63, 3.8) is 0 Å². The Morgan fingerprint density at radius 2 is 1.82 bits per heavy atom. The van der Waals surface area contributed by atoms with Gasteiger partial charge in [0.1, 0.15) is 0 Å². The van der Waals surface area contributed by atoms with Gasteiger partial charge in [0.25, 0.3) is 0 Å². The summed E-state index contributed by atoms with van der Waals surface area (Å²) in [6, 6.07) is 0. The Hall–Kier alpha value is -0.520. The van der Waals surface area contributed by atoms with Gasteiger partial charge in [-0.1, -0.05) is 63.7 Å². The molecule has 1 saturated carbocycles. The summed E-state index contributed by atoms with van der Waals surface area (Å²) in [5, 5.41) is 0. The molecule has 1 rings (SSSR count). The van der Waals surface area contributed by atoms with E-state index in [9.17, 15) is 0 Å². The first-order chi connectivity index (χ1) is 8.33. The smallest absolute Gasteiger partial charge is 0.0118 e. The average molecular weight is 234 g/mol. The Kier molecular flexibility index (Phi) is 7.32. The van der Waals surface area contributed by atoms with Gasteiger partial charge in [0.15, 0.2) is 0 Å². The first-order valence-corrected chi connectivity index (χ1v) is 7.61. The van der Waals surface area contributed by atoms with Crippen LogP contribution in [0.4, 0.5) is 0 Å². The van der Waals surface area contributed by atoms with Crippen LogP contribution in [0.2, 0.25) is 0 Å². The fraction of sp³-hybridized carbons (Fsp3) is 0.765. The molecule has 0 amide bonds. The van der Waals surface area contributed by atoms with Crippen LogP contribution in [0.5, 0.6) is 0 Å². The highest BCUT2D eigenvalue weighted by atomic mass is 14.3. The highest BCUT2D eigenvalue weighted by molar-refractivity contribution is 5.01. The molecule has 0 aromatic rings. The van der Waals surface area contributed by atoms with E-state index in [0.29, 0.717) is 5.41 Å². The van der Waals surface area contributed by atoms with E-state index in [-0.39, 0.29) is 0 Å². The van der Waals surface area contributed by atoms with Crippen LogP contribution in [0.1, 0.15) is 77.6 Å². The van der Waals surface area contributed by atoms with E-state index in [1.54, 1.807) is 0 Å². The molecule has 1 aliphatic rings. The topological polar surface area (TPSA) is 0 Å². The predicted molar refractivity (Wildman–Crippen MR) is 78.2 cm³/mol. The van der Waals surface area contributed by atoms with Crippen molar-refractivity contribution in [1.82, 2.24) is 0 Å². The molecule has 0 unspecified atom stereocenters. The fourth-order valence-electron chi connectivity index (χ4n) is 3.03. The van der Waals surface area contributed by atoms with Crippen LogP contribution in [-0.4, -0.2) is 0 Å². The maximum absolute atomic E-state index is 3.79. The van der Waals surface area contributed by atoms with Gasteiger partial charge in [0.2, 0.25) is 0 Å². The zero-order chi connectivity index (χ0) is 12.4. The van der Waals surface area contributed by atoms with E-state index in [2.05, 4.69) is 25.7 Å². The lowest BCUT2D eigenvalue weighted by Crippen LogP contribution is -2.21. The van der Waals surface area contributed by atoms with Crippen LogP contribution in [-0.2, 0) is 0 Å². The van der Waals surface area contributed by atoms with Gasteiger partial charge in [-0.2, -0.15) is 0 Å². The lowest BCUT2D eigenvalue weighted by Gasteiger charge is -2.35. The molecule has 0 spiro atoms. The van der Waals surface area contributed by atoms with Crippen molar-refractivity contribution in [3.8, 4) is 0 Å². The quantitative estimate of drug-likeness (QED) is 0.355. The van der Waals surface area contributed by atoms with Gasteiger partial charge in [-0.3, -0.25) is 0 Å². The summed E-state index contributed by atoms with van der Waals surface area (Å²) in [5.74, 6) is 0. The highest BCUT2D eigenvalue weighted by Gasteiger charge is 2.28. The third kappa shape index (κ3) is 5.57. The Balaban J connectivity index is 2.45. The number of hydrogen-bond donors (Lipinski definition) is 0. The first kappa shape index (κ1) is 14.5. The predicted octanol–water partition coefficient (Wildman–Crippen LogP) is 6.04. The van der Waals surface area contributed by atoms with Gasteiger partial charge < -0.3 is 0 Å². The van der Waals surface area contributed by atoms with E-state index in [4.69, 9.17) is 0 Å². The van der Waals surface area contributed by atoms with E-state index >= 15 is 0 Å². The standard InChI is InChI=1S/C17H30/c1-3-5-7-10-14-17(13-9-6-4-2)15-11-8-12-16-17/h3,10,14H,1,4-9,11-13,15-16H2,2H3. The second-order valence-electron chi connectivity index (χ2n) is 5.65. The second kappa shape index (κ2) is 8.55. The monoisotopic (exact) mass is 234 g/mol. The molecule has 0 aromatic heterocycles. The molecule has 0 bridgehead atoms. The van der Waals surface area contributed by atoms with Crippen LogP contribution in [0.3, 0.4) is 0 Å². The third-order valence-electron chi connectivity index (χ3n) is 4.14. The molecule has 0 nitrogen and oxygen atoms in total. The summed E-state index contributed by atoms with van der Waals surface area (Å²) in [6.45, 7) is 6.09. The molecule has 98 valence electrons. The minimum Gasteiger partial charge on any atom is -0.103 e. The van der Waals surface area contributed by atoms with Gasteiger partial charge >= 0.3 is 0 Å². The summed E-state index contributed by atoms with van der Waals surface area (Å²) >= 11 is 0. The van der Waals surface area contributed by atoms with Crippen molar-refractivity contribution >= 4 is 0 Å². The molecular weight excluding hydrogens is 204 g/mol. The molecule has 0 N–H and O–H groups in total. The van der Waals surface area contributed by atoms with Crippen LogP contribution in [0.25, 0.3) is 0 Å². The van der Waals surface area contributed by atoms with Gasteiger partial charge in [0.05, 0.1) is 0 Å². The average Bonchev–Trinajstić information content (AvgIpc) is 2.36. The third-order valence-corrected chi connectivity index (χ3v) is 4.14. The van der Waals surface area contributed by atoms with E-state index in [0.717, 1.165) is 6.42 Å². The molecular formula is C17H30. The van der Waals surface area contributed by atoms with Crippen molar-refractivity contribution in [2.45, 2.75) is 77.6 Å². The van der Waals surface area contributed by atoms with E-state index < -0.39 is 0 Å². The second-order valence-corrected chi connectivity index (χ2v) is 5.65. The lowest BCUT2D eigenvalue weighted by atomic mass is 9.70. The summed E-state index contributed by atoms with van der Waals surface area (Å²) in [6.07, 6.45) is 22.1. The Bertz CT molecular complexity index is 218. The minimum absolute atomic E-state index is 0.564. The Morgan fingerprint density at radius 1 is 1.06 bits per heavy atom. The first-order valence-electron chi connectivity index (χ1n) is 7.61. The zero-order valence-corrected chi connectivity index (χ0v) is 11.7. The molecule has 0 saturated heterocycles. The maximum Gasteiger partial charge on any atom is -0.0118 e. The number of unbranched alkanes of at least 4 members (excludes halogenated alkanes) is 3. The molecule has 0 aliphatic heterocycles. The van der Waals surface area contributed by atoms with Crippen LogP contribution < -0.4 is 0 Å². The van der Waals surface area contributed by atoms with Crippen molar-refractivity contribution in [3.05, 3.63) is 24.8 Å². The number of rotatable bonds is 8. The fourth-order valence-corrected chi connectivity index (χ4v) is 3.03. The highest BCUT2D eigenvalue weighted by Crippen LogP contribution is 2.42. The van der Waals surface area contributed by atoms with Gasteiger partial charge in [-0.15, -0.1) is 6.58 Å². The van der Waals surface area contributed by atoms with Gasteiger partial charge in [-0.25, -0.2) is 0 Å². The minimum atomic E-state index is 0.564. The molecule has 0 heterocycles. The van der Waals surface area contributed by atoms with Crippen molar-refractivity contribution in [2.24, 2.45) is 5.41 Å². The summed E-state index contributed by atoms with van der Waals surface area (Å²) in [5.41, 5.74) is 0.564. The molecule has 0 heteroatoms. The summed E-state index contributed by atoms with van der Waals surface area (Å²) < 4.78 is 0. The Morgan fingerprint density at radius 3 is 2.47 bits per heavy atom.